The molecule has 2 atom stereocenters. The largest absolute Gasteiger partial charge is 0.456 e. The molecule has 0 saturated carbocycles. The third kappa shape index (κ3) is 1.63. The van der Waals surface area contributed by atoms with Crippen molar-refractivity contribution in [3.8, 4) is 0 Å². The van der Waals surface area contributed by atoms with Gasteiger partial charge in [0.05, 0.1) is 11.7 Å². The maximum absolute atomic E-state index is 12.6. The van der Waals surface area contributed by atoms with Crippen molar-refractivity contribution >= 4 is 11.9 Å². The van der Waals surface area contributed by atoms with Crippen molar-refractivity contribution in [1.82, 2.24) is 4.68 Å². The van der Waals surface area contributed by atoms with Crippen LogP contribution < -0.4 is 5.01 Å². The third-order valence-corrected chi connectivity index (χ3v) is 4.12. The van der Waals surface area contributed by atoms with Gasteiger partial charge < -0.3 is 4.74 Å². The van der Waals surface area contributed by atoms with Gasteiger partial charge in [-0.3, -0.25) is 14.3 Å². The number of rotatable bonds is 1. The smallest absolute Gasteiger partial charge is 0.303 e. The zero-order valence-corrected chi connectivity index (χ0v) is 11.5. The molecule has 0 radical (unpaired) electrons. The Morgan fingerprint density at radius 2 is 2.05 bits per heavy atom. The van der Waals surface area contributed by atoms with Crippen molar-refractivity contribution in [2.75, 3.05) is 5.01 Å². The quantitative estimate of drug-likeness (QED) is 0.754. The Balaban J connectivity index is 1.84. The molecule has 106 valence electrons. The van der Waals surface area contributed by atoms with Crippen LogP contribution >= 0.6 is 0 Å². The van der Waals surface area contributed by atoms with E-state index >= 15 is 0 Å². The minimum absolute atomic E-state index is 0.00525. The average Bonchev–Trinajstić information content (AvgIpc) is 3.04. The maximum Gasteiger partial charge on any atom is 0.303 e. The fraction of sp³-hybridized carbons (Fsp3) is 0.250. The number of benzene rings is 1. The van der Waals surface area contributed by atoms with Crippen LogP contribution in [0.3, 0.4) is 0 Å². The molecule has 5 nitrogen and oxygen atoms in total. The van der Waals surface area contributed by atoms with E-state index in [1.54, 1.807) is 5.01 Å². The number of ether oxygens (including phenoxy) is 1. The van der Waals surface area contributed by atoms with Crippen LogP contribution in [0.15, 0.2) is 42.6 Å². The lowest BCUT2D eigenvalue weighted by atomic mass is 9.97. The van der Waals surface area contributed by atoms with E-state index in [1.165, 1.54) is 6.92 Å². The molecule has 1 aromatic heterocycles. The molecule has 3 heterocycles. The number of hydrogen-bond acceptors (Lipinski definition) is 3. The predicted molar refractivity (Wildman–Crippen MR) is 75.3 cm³/mol. The van der Waals surface area contributed by atoms with Crippen LogP contribution in [0.25, 0.3) is 0 Å². The summed E-state index contributed by atoms with van der Waals surface area (Å²) in [6.45, 7) is 1.41. The molecule has 0 aliphatic carbocycles. The Kier molecular flexibility index (Phi) is 2.45. The van der Waals surface area contributed by atoms with Gasteiger partial charge in [-0.25, -0.2) is 5.01 Å². The summed E-state index contributed by atoms with van der Waals surface area (Å²) in [4.78, 5) is 24.0. The number of carbonyl (C=O) groups is 2. The van der Waals surface area contributed by atoms with Crippen molar-refractivity contribution in [2.45, 2.75) is 25.5 Å². The van der Waals surface area contributed by atoms with Gasteiger partial charge >= 0.3 is 5.97 Å². The standard InChI is InChI=1S/C16H14N2O3/c1-10(19)21-15-9-14-11-5-2-3-6-12(11)16(20)18(14)17-8-4-7-13(15)17/h2-8,14-15H,9H2,1H3/t14-,15+/m0/s1. The summed E-state index contributed by atoms with van der Waals surface area (Å²) in [6.07, 6.45) is 2.10. The van der Waals surface area contributed by atoms with Gasteiger partial charge in [0.1, 0.15) is 6.10 Å². The van der Waals surface area contributed by atoms with E-state index in [0.717, 1.165) is 16.8 Å². The topological polar surface area (TPSA) is 51.5 Å². The van der Waals surface area contributed by atoms with Gasteiger partial charge in [-0.1, -0.05) is 18.2 Å². The second kappa shape index (κ2) is 4.22. The van der Waals surface area contributed by atoms with Gasteiger partial charge in [0, 0.05) is 25.1 Å². The van der Waals surface area contributed by atoms with Gasteiger partial charge in [0.2, 0.25) is 0 Å². The molecule has 4 rings (SSSR count). The van der Waals surface area contributed by atoms with Crippen LogP contribution in [0.2, 0.25) is 0 Å². The Labute approximate surface area is 121 Å². The van der Waals surface area contributed by atoms with Crippen LogP contribution in [0.5, 0.6) is 0 Å². The Morgan fingerprint density at radius 3 is 2.86 bits per heavy atom. The summed E-state index contributed by atoms with van der Waals surface area (Å²) < 4.78 is 7.25. The molecule has 2 aliphatic heterocycles. The zero-order valence-electron chi connectivity index (χ0n) is 11.5. The van der Waals surface area contributed by atoms with Gasteiger partial charge in [0.25, 0.3) is 5.91 Å². The van der Waals surface area contributed by atoms with E-state index in [0.29, 0.717) is 6.42 Å². The number of carbonyl (C=O) groups excluding carboxylic acids is 2. The lowest BCUT2D eigenvalue weighted by molar-refractivity contribution is -0.148. The highest BCUT2D eigenvalue weighted by atomic mass is 16.5. The van der Waals surface area contributed by atoms with Crippen LogP contribution in [0.4, 0.5) is 0 Å². The van der Waals surface area contributed by atoms with Gasteiger partial charge in [-0.05, 0) is 23.8 Å². The van der Waals surface area contributed by atoms with E-state index < -0.39 is 0 Å². The fourth-order valence-corrected chi connectivity index (χ4v) is 3.32. The summed E-state index contributed by atoms with van der Waals surface area (Å²) >= 11 is 0. The highest BCUT2D eigenvalue weighted by molar-refractivity contribution is 6.06. The van der Waals surface area contributed by atoms with E-state index in [2.05, 4.69) is 0 Å². The number of amides is 1. The number of fused-ring (bicyclic) bond motifs is 5. The van der Waals surface area contributed by atoms with E-state index in [9.17, 15) is 9.59 Å². The number of hydrogen-bond donors (Lipinski definition) is 0. The number of nitrogens with zero attached hydrogens (tertiary/aromatic N) is 2. The molecule has 0 spiro atoms. The summed E-state index contributed by atoms with van der Waals surface area (Å²) in [7, 11) is 0. The summed E-state index contributed by atoms with van der Waals surface area (Å²) in [6, 6.07) is 11.3. The first-order valence-electron chi connectivity index (χ1n) is 6.94. The molecular weight excluding hydrogens is 268 g/mol. The molecular formula is C16H14N2O3. The summed E-state index contributed by atoms with van der Waals surface area (Å²) in [5.41, 5.74) is 2.56. The molecule has 0 fully saturated rings. The average molecular weight is 282 g/mol. The molecule has 0 bridgehead atoms. The maximum atomic E-state index is 12.6. The first-order chi connectivity index (χ1) is 10.2. The van der Waals surface area contributed by atoms with E-state index in [-0.39, 0.29) is 24.0 Å². The van der Waals surface area contributed by atoms with Crippen LogP contribution in [-0.2, 0) is 9.53 Å². The second-order valence-electron chi connectivity index (χ2n) is 5.36. The summed E-state index contributed by atoms with van der Waals surface area (Å²) in [5, 5.41) is 1.75. The lowest BCUT2D eigenvalue weighted by Crippen LogP contribution is -2.43. The second-order valence-corrected chi connectivity index (χ2v) is 5.36. The summed E-state index contributed by atoms with van der Waals surface area (Å²) in [5.74, 6) is -0.312. The minimum Gasteiger partial charge on any atom is -0.456 e. The third-order valence-electron chi connectivity index (χ3n) is 4.12. The van der Waals surface area contributed by atoms with Crippen molar-refractivity contribution < 1.29 is 14.3 Å². The molecule has 5 heteroatoms. The molecule has 0 saturated heterocycles. The van der Waals surface area contributed by atoms with E-state index in [1.807, 2.05) is 47.3 Å². The van der Waals surface area contributed by atoms with Gasteiger partial charge in [-0.15, -0.1) is 0 Å². The van der Waals surface area contributed by atoms with Gasteiger partial charge in [0.15, 0.2) is 0 Å². The zero-order chi connectivity index (χ0) is 14.6. The Bertz CT molecular complexity index is 749. The van der Waals surface area contributed by atoms with Crippen molar-refractivity contribution in [2.24, 2.45) is 0 Å². The molecule has 2 aliphatic rings. The molecule has 2 aromatic rings. The fourth-order valence-electron chi connectivity index (χ4n) is 3.32. The highest BCUT2D eigenvalue weighted by Crippen LogP contribution is 2.43. The van der Waals surface area contributed by atoms with Crippen LogP contribution in [0.1, 0.15) is 47.1 Å². The van der Waals surface area contributed by atoms with Crippen LogP contribution in [-0.4, -0.2) is 16.6 Å². The minimum atomic E-state index is -0.322. The first kappa shape index (κ1) is 12.2. The van der Waals surface area contributed by atoms with Gasteiger partial charge in [-0.2, -0.15) is 0 Å². The lowest BCUT2D eigenvalue weighted by Gasteiger charge is -2.36. The predicted octanol–water partition coefficient (Wildman–Crippen LogP) is 2.33. The Morgan fingerprint density at radius 1 is 1.24 bits per heavy atom. The van der Waals surface area contributed by atoms with Crippen LogP contribution in [0, 0.1) is 0 Å². The number of aromatic nitrogens is 1. The normalized spacial score (nSPS) is 22.5. The number of esters is 1. The molecule has 21 heavy (non-hydrogen) atoms. The van der Waals surface area contributed by atoms with Crippen molar-refractivity contribution in [1.29, 1.82) is 0 Å². The van der Waals surface area contributed by atoms with Crippen molar-refractivity contribution in [3.63, 3.8) is 0 Å². The monoisotopic (exact) mass is 282 g/mol. The Hall–Kier alpha value is -2.56. The first-order valence-corrected chi connectivity index (χ1v) is 6.94. The SMILES string of the molecule is CC(=O)O[C@@H]1C[C@H]2c3ccccc3C(=O)N2n2cccc21. The molecule has 0 unspecified atom stereocenters. The van der Waals surface area contributed by atoms with Crippen molar-refractivity contribution in [3.05, 3.63) is 59.4 Å². The molecule has 0 N–H and O–H groups in total. The molecule has 1 amide bonds. The van der Waals surface area contributed by atoms with E-state index in [4.69, 9.17) is 4.74 Å². The molecule has 1 aromatic carbocycles. The highest BCUT2D eigenvalue weighted by Gasteiger charge is 2.44.